The standard InChI is InChI=1S/C12H19N3O4/c1-3-9-10(16)13-12(18)15(11(9)17)7-8-6-14(2)4-5-19-8/h8,17H,3-7H2,1-2H3,(H,13,16,18). The Morgan fingerprint density at radius 1 is 1.47 bits per heavy atom. The summed E-state index contributed by atoms with van der Waals surface area (Å²) in [6.07, 6.45) is 0.199. The van der Waals surface area contributed by atoms with Gasteiger partial charge in [-0.2, -0.15) is 0 Å². The molecule has 0 saturated carbocycles. The topological polar surface area (TPSA) is 87.6 Å². The molecule has 0 spiro atoms. The highest BCUT2D eigenvalue weighted by atomic mass is 16.5. The lowest BCUT2D eigenvalue weighted by atomic mass is 10.2. The van der Waals surface area contributed by atoms with Gasteiger partial charge in [0.15, 0.2) is 0 Å². The van der Waals surface area contributed by atoms with E-state index in [0.717, 1.165) is 6.54 Å². The van der Waals surface area contributed by atoms with Crippen LogP contribution in [0.25, 0.3) is 0 Å². The number of likely N-dealkylation sites (N-methyl/N-ethyl adjacent to an activating group) is 1. The Kier molecular flexibility index (Phi) is 4.06. The molecule has 0 amide bonds. The second kappa shape index (κ2) is 5.58. The van der Waals surface area contributed by atoms with Crippen LogP contribution in [0.4, 0.5) is 0 Å². The number of nitrogens with zero attached hydrogens (tertiary/aromatic N) is 2. The molecule has 2 heterocycles. The Labute approximate surface area is 110 Å². The molecule has 7 nitrogen and oxygen atoms in total. The van der Waals surface area contributed by atoms with E-state index in [0.29, 0.717) is 19.6 Å². The lowest BCUT2D eigenvalue weighted by Gasteiger charge is -2.30. The van der Waals surface area contributed by atoms with Gasteiger partial charge < -0.3 is 14.7 Å². The minimum absolute atomic E-state index is 0.169. The first-order valence-electron chi connectivity index (χ1n) is 6.38. The highest BCUT2D eigenvalue weighted by Crippen LogP contribution is 2.13. The average molecular weight is 269 g/mol. The first kappa shape index (κ1) is 13.8. The van der Waals surface area contributed by atoms with Gasteiger partial charge in [-0.25, -0.2) is 4.79 Å². The molecule has 2 N–H and O–H groups in total. The molecule has 2 rings (SSSR count). The van der Waals surface area contributed by atoms with Crippen LogP contribution in [0, 0.1) is 0 Å². The maximum Gasteiger partial charge on any atom is 0.331 e. The van der Waals surface area contributed by atoms with Gasteiger partial charge in [0.25, 0.3) is 5.56 Å². The van der Waals surface area contributed by atoms with Crippen molar-refractivity contribution >= 4 is 0 Å². The van der Waals surface area contributed by atoms with Crippen molar-refractivity contribution in [3.8, 4) is 5.88 Å². The van der Waals surface area contributed by atoms with E-state index in [2.05, 4.69) is 9.88 Å². The Hall–Kier alpha value is -1.60. The molecule has 0 bridgehead atoms. The number of H-pyrrole nitrogens is 1. The molecule has 1 aromatic rings. The van der Waals surface area contributed by atoms with Gasteiger partial charge >= 0.3 is 5.69 Å². The molecule has 1 aromatic heterocycles. The van der Waals surface area contributed by atoms with E-state index in [1.807, 2.05) is 7.05 Å². The molecule has 1 aliphatic rings. The van der Waals surface area contributed by atoms with Crippen molar-refractivity contribution in [3.05, 3.63) is 26.4 Å². The quantitative estimate of drug-likeness (QED) is 0.745. The molecule has 1 atom stereocenters. The third kappa shape index (κ3) is 2.87. The average Bonchev–Trinajstić information content (AvgIpc) is 2.35. The van der Waals surface area contributed by atoms with Crippen LogP contribution in [0.3, 0.4) is 0 Å². The van der Waals surface area contributed by atoms with Crippen molar-refractivity contribution in [3.63, 3.8) is 0 Å². The summed E-state index contributed by atoms with van der Waals surface area (Å²) < 4.78 is 6.73. The van der Waals surface area contributed by atoms with Crippen LogP contribution >= 0.6 is 0 Å². The summed E-state index contributed by atoms with van der Waals surface area (Å²) in [5.41, 5.74) is -0.900. The predicted octanol–water partition coefficient (Wildman–Crippen LogP) is -0.865. The van der Waals surface area contributed by atoms with Crippen molar-refractivity contribution < 1.29 is 9.84 Å². The summed E-state index contributed by atoms with van der Waals surface area (Å²) in [6.45, 7) is 4.12. The fraction of sp³-hybridized carbons (Fsp3) is 0.667. The lowest BCUT2D eigenvalue weighted by molar-refractivity contribution is -0.0290. The number of hydrogen-bond donors (Lipinski definition) is 2. The van der Waals surface area contributed by atoms with E-state index in [1.165, 1.54) is 4.57 Å². The third-order valence-electron chi connectivity index (χ3n) is 3.35. The maximum atomic E-state index is 11.8. The summed E-state index contributed by atoms with van der Waals surface area (Å²) in [5, 5.41) is 10.0. The normalized spacial score (nSPS) is 20.6. The molecule has 0 aromatic carbocycles. The Balaban J connectivity index is 2.29. The van der Waals surface area contributed by atoms with Gasteiger partial charge in [0.2, 0.25) is 5.88 Å². The van der Waals surface area contributed by atoms with Crippen molar-refractivity contribution in [2.45, 2.75) is 26.0 Å². The van der Waals surface area contributed by atoms with Crippen LogP contribution in [0.15, 0.2) is 9.59 Å². The zero-order chi connectivity index (χ0) is 14.0. The minimum Gasteiger partial charge on any atom is -0.494 e. The predicted molar refractivity (Wildman–Crippen MR) is 69.6 cm³/mol. The van der Waals surface area contributed by atoms with Crippen LogP contribution in [0.5, 0.6) is 5.88 Å². The number of aromatic nitrogens is 2. The summed E-state index contributed by atoms with van der Waals surface area (Å²) in [4.78, 5) is 27.6. The van der Waals surface area contributed by atoms with Crippen LogP contribution in [0.1, 0.15) is 12.5 Å². The largest absolute Gasteiger partial charge is 0.494 e. The summed E-state index contributed by atoms with van der Waals surface area (Å²) >= 11 is 0. The van der Waals surface area contributed by atoms with Crippen LogP contribution < -0.4 is 11.2 Å². The maximum absolute atomic E-state index is 11.8. The number of rotatable bonds is 3. The number of aromatic hydroxyl groups is 1. The van der Waals surface area contributed by atoms with Crippen LogP contribution in [0.2, 0.25) is 0 Å². The van der Waals surface area contributed by atoms with Gasteiger partial charge in [-0.05, 0) is 13.5 Å². The smallest absolute Gasteiger partial charge is 0.331 e. The summed E-state index contributed by atoms with van der Waals surface area (Å²) in [6, 6.07) is 0. The summed E-state index contributed by atoms with van der Waals surface area (Å²) in [5.74, 6) is -0.256. The van der Waals surface area contributed by atoms with E-state index >= 15 is 0 Å². The molecule has 1 saturated heterocycles. The van der Waals surface area contributed by atoms with Crippen LogP contribution in [-0.4, -0.2) is 52.4 Å². The van der Waals surface area contributed by atoms with Crippen molar-refractivity contribution in [2.24, 2.45) is 0 Å². The first-order valence-corrected chi connectivity index (χ1v) is 6.38. The molecule has 0 radical (unpaired) electrons. The highest BCUT2D eigenvalue weighted by molar-refractivity contribution is 5.22. The van der Waals surface area contributed by atoms with E-state index in [9.17, 15) is 14.7 Å². The molecule has 1 aliphatic heterocycles. The number of hydrogen-bond acceptors (Lipinski definition) is 5. The van der Waals surface area contributed by atoms with E-state index in [-0.39, 0.29) is 24.1 Å². The van der Waals surface area contributed by atoms with Crippen molar-refractivity contribution in [2.75, 3.05) is 26.7 Å². The molecule has 19 heavy (non-hydrogen) atoms. The molecular weight excluding hydrogens is 250 g/mol. The Morgan fingerprint density at radius 2 is 2.21 bits per heavy atom. The number of morpholine rings is 1. The van der Waals surface area contributed by atoms with E-state index < -0.39 is 11.2 Å². The second-order valence-corrected chi connectivity index (χ2v) is 4.78. The third-order valence-corrected chi connectivity index (χ3v) is 3.35. The molecule has 106 valence electrons. The zero-order valence-corrected chi connectivity index (χ0v) is 11.2. The first-order chi connectivity index (χ1) is 9.02. The SMILES string of the molecule is CCc1c(O)n(CC2CN(C)CCO2)c(=O)[nH]c1=O. The van der Waals surface area contributed by atoms with Crippen molar-refractivity contribution in [1.29, 1.82) is 0 Å². The number of ether oxygens (including phenoxy) is 1. The van der Waals surface area contributed by atoms with Gasteiger partial charge in [-0.1, -0.05) is 6.92 Å². The van der Waals surface area contributed by atoms with Gasteiger partial charge in [0.1, 0.15) is 0 Å². The van der Waals surface area contributed by atoms with Gasteiger partial charge in [-0.3, -0.25) is 14.3 Å². The summed E-state index contributed by atoms with van der Waals surface area (Å²) in [7, 11) is 1.97. The zero-order valence-electron chi connectivity index (χ0n) is 11.2. The number of aromatic amines is 1. The molecule has 7 heteroatoms. The number of nitrogens with one attached hydrogen (secondary N) is 1. The van der Waals surface area contributed by atoms with Gasteiger partial charge in [0, 0.05) is 13.1 Å². The Morgan fingerprint density at radius 3 is 2.84 bits per heavy atom. The monoisotopic (exact) mass is 269 g/mol. The van der Waals surface area contributed by atoms with E-state index in [4.69, 9.17) is 4.74 Å². The Bertz CT molecular complexity index is 563. The second-order valence-electron chi connectivity index (χ2n) is 4.78. The minimum atomic E-state index is -0.600. The fourth-order valence-corrected chi connectivity index (χ4v) is 2.27. The molecule has 1 unspecified atom stereocenters. The van der Waals surface area contributed by atoms with E-state index in [1.54, 1.807) is 6.92 Å². The fourth-order valence-electron chi connectivity index (χ4n) is 2.27. The molecular formula is C12H19N3O4. The highest BCUT2D eigenvalue weighted by Gasteiger charge is 2.21. The van der Waals surface area contributed by atoms with Gasteiger partial charge in [0.05, 0.1) is 24.8 Å². The molecule has 1 fully saturated rings. The molecule has 0 aliphatic carbocycles. The lowest BCUT2D eigenvalue weighted by Crippen LogP contribution is -2.44. The van der Waals surface area contributed by atoms with Crippen molar-refractivity contribution in [1.82, 2.24) is 14.5 Å². The van der Waals surface area contributed by atoms with Crippen LogP contribution in [-0.2, 0) is 17.7 Å². The van der Waals surface area contributed by atoms with Gasteiger partial charge in [-0.15, -0.1) is 0 Å².